The molecule has 18 heavy (non-hydrogen) atoms. The number of nitrogens with one attached hydrogen (secondary N) is 1. The van der Waals surface area contributed by atoms with Gasteiger partial charge in [0.15, 0.2) is 0 Å². The quantitative estimate of drug-likeness (QED) is 0.875. The van der Waals surface area contributed by atoms with Crippen molar-refractivity contribution >= 4 is 10.0 Å². The number of aliphatic hydroxyl groups is 1. The van der Waals surface area contributed by atoms with E-state index in [1.165, 1.54) is 18.2 Å². The van der Waals surface area contributed by atoms with E-state index in [0.29, 0.717) is 12.8 Å². The number of hydrogen-bond donors (Lipinski definition) is 2. The van der Waals surface area contributed by atoms with Crippen molar-refractivity contribution in [1.29, 1.82) is 0 Å². The van der Waals surface area contributed by atoms with Crippen molar-refractivity contribution in [3.05, 3.63) is 30.1 Å². The van der Waals surface area contributed by atoms with Crippen LogP contribution in [0.1, 0.15) is 25.7 Å². The summed E-state index contributed by atoms with van der Waals surface area (Å²) in [6.07, 6.45) is 2.21. The van der Waals surface area contributed by atoms with Crippen LogP contribution in [0.4, 0.5) is 4.39 Å². The molecule has 0 amide bonds. The molecule has 0 aromatic heterocycles. The van der Waals surface area contributed by atoms with Gasteiger partial charge in [-0.25, -0.2) is 17.5 Å². The third-order valence-electron chi connectivity index (χ3n) is 3.16. The summed E-state index contributed by atoms with van der Waals surface area (Å²) < 4.78 is 39.8. The van der Waals surface area contributed by atoms with Crippen LogP contribution in [-0.2, 0) is 10.0 Å². The molecule has 0 spiro atoms. The summed E-state index contributed by atoms with van der Waals surface area (Å²) in [6, 6.07) is 4.70. The van der Waals surface area contributed by atoms with Crippen molar-refractivity contribution in [2.24, 2.45) is 0 Å². The monoisotopic (exact) mass is 273 g/mol. The Hall–Kier alpha value is -0.980. The first kappa shape index (κ1) is 13.5. The van der Waals surface area contributed by atoms with Gasteiger partial charge in [0.2, 0.25) is 10.0 Å². The lowest BCUT2D eigenvalue weighted by molar-refractivity contribution is 0.101. The van der Waals surface area contributed by atoms with Crippen LogP contribution in [0.3, 0.4) is 0 Å². The van der Waals surface area contributed by atoms with Crippen LogP contribution in [0, 0.1) is 5.82 Å². The number of halogens is 1. The highest BCUT2D eigenvalue weighted by Crippen LogP contribution is 2.21. The molecule has 0 aliphatic heterocycles. The van der Waals surface area contributed by atoms with Gasteiger partial charge in [-0.3, -0.25) is 0 Å². The van der Waals surface area contributed by atoms with Crippen LogP contribution in [0.5, 0.6) is 0 Å². The Kier molecular flexibility index (Phi) is 3.99. The zero-order valence-corrected chi connectivity index (χ0v) is 10.7. The van der Waals surface area contributed by atoms with E-state index >= 15 is 0 Å². The third-order valence-corrected chi connectivity index (χ3v) is 4.69. The fourth-order valence-corrected chi connectivity index (χ4v) is 3.56. The molecule has 0 radical (unpaired) electrons. The molecule has 1 aromatic rings. The highest BCUT2D eigenvalue weighted by Gasteiger charge is 2.29. The average molecular weight is 273 g/mol. The Morgan fingerprint density at radius 2 is 1.89 bits per heavy atom. The minimum absolute atomic E-state index is 0.372. The van der Waals surface area contributed by atoms with E-state index in [-0.39, 0.29) is 4.90 Å². The highest BCUT2D eigenvalue weighted by molar-refractivity contribution is 7.89. The van der Waals surface area contributed by atoms with Gasteiger partial charge in [-0.05, 0) is 25.0 Å². The molecule has 0 bridgehead atoms. The van der Waals surface area contributed by atoms with Crippen LogP contribution in [-0.4, -0.2) is 25.7 Å². The van der Waals surface area contributed by atoms with Crippen molar-refractivity contribution < 1.29 is 17.9 Å². The van der Waals surface area contributed by atoms with Gasteiger partial charge in [0.1, 0.15) is 10.7 Å². The summed E-state index contributed by atoms with van der Waals surface area (Å²) in [6.45, 7) is 0. The van der Waals surface area contributed by atoms with Gasteiger partial charge in [0.05, 0.1) is 6.10 Å². The summed E-state index contributed by atoms with van der Waals surface area (Å²) in [5, 5.41) is 9.73. The Bertz CT molecular complexity index is 518. The molecule has 1 aliphatic carbocycles. The summed E-state index contributed by atoms with van der Waals surface area (Å²) in [4.78, 5) is -0.372. The lowest BCUT2D eigenvalue weighted by Gasteiger charge is -2.28. The van der Waals surface area contributed by atoms with E-state index in [0.717, 1.165) is 18.9 Å². The van der Waals surface area contributed by atoms with Gasteiger partial charge >= 0.3 is 0 Å². The summed E-state index contributed by atoms with van der Waals surface area (Å²) >= 11 is 0. The Morgan fingerprint density at radius 3 is 2.56 bits per heavy atom. The molecule has 1 fully saturated rings. The maximum atomic E-state index is 13.5. The molecule has 1 saturated carbocycles. The minimum Gasteiger partial charge on any atom is -0.391 e. The Labute approximate surface area is 106 Å². The van der Waals surface area contributed by atoms with Gasteiger partial charge in [-0.1, -0.05) is 25.0 Å². The van der Waals surface area contributed by atoms with E-state index in [9.17, 15) is 17.9 Å². The van der Waals surface area contributed by atoms with Crippen LogP contribution in [0.2, 0.25) is 0 Å². The summed E-state index contributed by atoms with van der Waals surface area (Å²) in [5.74, 6) is -0.782. The third kappa shape index (κ3) is 2.88. The maximum absolute atomic E-state index is 13.5. The van der Waals surface area contributed by atoms with E-state index in [1.807, 2.05) is 0 Å². The van der Waals surface area contributed by atoms with E-state index in [1.54, 1.807) is 0 Å². The topological polar surface area (TPSA) is 66.4 Å². The molecular weight excluding hydrogens is 257 g/mol. The molecule has 0 heterocycles. The first-order valence-corrected chi connectivity index (χ1v) is 7.44. The largest absolute Gasteiger partial charge is 0.391 e. The molecule has 2 N–H and O–H groups in total. The number of aliphatic hydroxyl groups excluding tert-OH is 1. The van der Waals surface area contributed by atoms with Crippen molar-refractivity contribution in [3.8, 4) is 0 Å². The van der Waals surface area contributed by atoms with Crippen molar-refractivity contribution in [2.45, 2.75) is 42.7 Å². The molecular formula is C12H16FNO3S. The zero-order valence-electron chi connectivity index (χ0n) is 9.84. The standard InChI is InChI=1S/C12H16FNO3S/c13-9-5-1-4-8-12(9)18(16,17)14-10-6-2-3-7-11(10)15/h1,4-5,8,10-11,14-15H,2-3,6-7H2. The first-order valence-electron chi connectivity index (χ1n) is 5.95. The smallest absolute Gasteiger partial charge is 0.243 e. The second kappa shape index (κ2) is 5.34. The van der Waals surface area contributed by atoms with Crippen LogP contribution in [0.15, 0.2) is 29.2 Å². The van der Waals surface area contributed by atoms with E-state index in [2.05, 4.69) is 4.72 Å². The molecule has 4 nitrogen and oxygen atoms in total. The molecule has 1 aliphatic rings. The van der Waals surface area contributed by atoms with Gasteiger partial charge in [-0.2, -0.15) is 0 Å². The molecule has 2 unspecified atom stereocenters. The maximum Gasteiger partial charge on any atom is 0.243 e. The van der Waals surface area contributed by atoms with Gasteiger partial charge in [-0.15, -0.1) is 0 Å². The van der Waals surface area contributed by atoms with Crippen LogP contribution >= 0.6 is 0 Å². The number of hydrogen-bond acceptors (Lipinski definition) is 3. The van der Waals surface area contributed by atoms with E-state index < -0.39 is 28.0 Å². The molecule has 1 aromatic carbocycles. The van der Waals surface area contributed by atoms with Crippen molar-refractivity contribution in [2.75, 3.05) is 0 Å². The predicted molar refractivity (Wildman–Crippen MR) is 65.0 cm³/mol. The van der Waals surface area contributed by atoms with Crippen molar-refractivity contribution in [3.63, 3.8) is 0 Å². The number of sulfonamides is 1. The molecule has 2 atom stereocenters. The fourth-order valence-electron chi connectivity index (χ4n) is 2.17. The molecule has 2 rings (SSSR count). The summed E-state index contributed by atoms with van der Waals surface area (Å²) in [7, 11) is -3.91. The van der Waals surface area contributed by atoms with Crippen LogP contribution in [0.25, 0.3) is 0 Å². The lowest BCUT2D eigenvalue weighted by atomic mass is 9.93. The summed E-state index contributed by atoms with van der Waals surface area (Å²) in [5.41, 5.74) is 0. The average Bonchev–Trinajstić information content (AvgIpc) is 2.32. The van der Waals surface area contributed by atoms with E-state index in [4.69, 9.17) is 0 Å². The normalized spacial score (nSPS) is 25.0. The lowest BCUT2D eigenvalue weighted by Crippen LogP contribution is -2.45. The van der Waals surface area contributed by atoms with Crippen LogP contribution < -0.4 is 4.72 Å². The molecule has 100 valence electrons. The fraction of sp³-hybridized carbons (Fsp3) is 0.500. The number of benzene rings is 1. The Balaban J connectivity index is 2.19. The highest BCUT2D eigenvalue weighted by atomic mass is 32.2. The Morgan fingerprint density at radius 1 is 1.22 bits per heavy atom. The van der Waals surface area contributed by atoms with Gasteiger partial charge in [0, 0.05) is 6.04 Å². The SMILES string of the molecule is O=S(=O)(NC1CCCCC1O)c1ccccc1F. The number of rotatable bonds is 3. The second-order valence-electron chi connectivity index (χ2n) is 4.51. The van der Waals surface area contributed by atoms with Gasteiger partial charge in [0.25, 0.3) is 0 Å². The van der Waals surface area contributed by atoms with Gasteiger partial charge < -0.3 is 5.11 Å². The predicted octanol–water partition coefficient (Wildman–Crippen LogP) is 1.41. The minimum atomic E-state index is -3.91. The van der Waals surface area contributed by atoms with Crippen molar-refractivity contribution in [1.82, 2.24) is 4.72 Å². The zero-order chi connectivity index (χ0) is 13.2. The first-order chi connectivity index (χ1) is 8.50. The second-order valence-corrected chi connectivity index (χ2v) is 6.19. The molecule has 6 heteroatoms. The molecule has 0 saturated heterocycles.